The Labute approximate surface area is 260 Å². The second-order valence-corrected chi connectivity index (χ2v) is 13.0. The van der Waals surface area contributed by atoms with Gasteiger partial charge in [-0.2, -0.15) is 0 Å². The van der Waals surface area contributed by atoms with Crippen molar-refractivity contribution in [2.24, 2.45) is 0 Å². The van der Waals surface area contributed by atoms with E-state index >= 15 is 0 Å². The minimum atomic E-state index is -0.441. The van der Waals surface area contributed by atoms with Crippen LogP contribution in [0.1, 0.15) is 129 Å². The lowest BCUT2D eigenvalue weighted by Crippen LogP contribution is -2.30. The maximum atomic E-state index is 13.3. The molecule has 4 heteroatoms. The van der Waals surface area contributed by atoms with Crippen LogP contribution in [0.2, 0.25) is 0 Å². The summed E-state index contributed by atoms with van der Waals surface area (Å²) < 4.78 is 14.7. The summed E-state index contributed by atoms with van der Waals surface area (Å²) in [6.45, 7) is 7.21. The van der Waals surface area contributed by atoms with E-state index in [1.165, 1.54) is 96.3 Å². The van der Waals surface area contributed by atoms with Crippen molar-refractivity contribution >= 4 is 6.08 Å². The first-order chi connectivity index (χ1) is 20.9. The van der Waals surface area contributed by atoms with E-state index in [0.717, 1.165) is 47.0 Å². The summed E-state index contributed by atoms with van der Waals surface area (Å²) in [5.41, 5.74) is 4.01. The third-order valence-corrected chi connectivity index (χ3v) is 8.86. The van der Waals surface area contributed by atoms with Crippen LogP contribution in [0.4, 0.5) is 0 Å². The number of fused-ring (bicyclic) bond motifs is 3. The molecule has 0 unspecified atom stereocenters. The van der Waals surface area contributed by atoms with Crippen molar-refractivity contribution in [1.29, 1.82) is 0 Å². The Hall–Kier alpha value is -3.01. The van der Waals surface area contributed by atoms with Crippen LogP contribution in [0, 0.1) is 0 Å². The van der Waals surface area contributed by atoms with Gasteiger partial charge in [0.1, 0.15) is 11.4 Å². The number of pyridine rings is 1. The molecule has 0 amide bonds. The Morgan fingerprint density at radius 2 is 1.30 bits per heavy atom. The molecular formula is C39H55NO3. The number of hydrogen-bond donors (Lipinski definition) is 0. The average molecular weight is 586 g/mol. The van der Waals surface area contributed by atoms with Crippen molar-refractivity contribution in [2.75, 3.05) is 7.11 Å². The summed E-state index contributed by atoms with van der Waals surface area (Å²) in [5.74, 6) is 1.51. The molecule has 1 aliphatic carbocycles. The van der Waals surface area contributed by atoms with E-state index in [2.05, 4.69) is 49.6 Å². The van der Waals surface area contributed by atoms with Crippen LogP contribution in [-0.2, 0) is 6.54 Å². The molecule has 4 nitrogen and oxygen atoms in total. The van der Waals surface area contributed by atoms with Gasteiger partial charge in [0.25, 0.3) is 0 Å². The highest BCUT2D eigenvalue weighted by Crippen LogP contribution is 2.44. The van der Waals surface area contributed by atoms with Crippen LogP contribution in [0.15, 0.2) is 53.3 Å². The molecule has 2 aliphatic heterocycles. The highest BCUT2D eigenvalue weighted by molar-refractivity contribution is 5.83. The van der Waals surface area contributed by atoms with Gasteiger partial charge in [-0.15, -0.1) is 0 Å². The maximum Gasteiger partial charge on any atom is 0.188 e. The van der Waals surface area contributed by atoms with Gasteiger partial charge in [0, 0.05) is 17.7 Å². The number of ether oxygens (including phenoxy) is 2. The summed E-state index contributed by atoms with van der Waals surface area (Å²) in [6, 6.07) is 14.0. The Morgan fingerprint density at radius 3 is 1.86 bits per heavy atom. The second kappa shape index (κ2) is 16.7. The fraction of sp³-hybridized carbons (Fsp3) is 0.564. The molecule has 3 aliphatic rings. The molecule has 0 radical (unpaired) electrons. The molecule has 4 rings (SSSR count). The number of aromatic nitrogens is 1. The fourth-order valence-corrected chi connectivity index (χ4v) is 6.42. The molecule has 0 saturated carbocycles. The van der Waals surface area contributed by atoms with Crippen molar-refractivity contribution < 1.29 is 9.47 Å². The monoisotopic (exact) mass is 585 g/mol. The zero-order valence-corrected chi connectivity index (χ0v) is 27.4. The van der Waals surface area contributed by atoms with E-state index in [1.807, 2.05) is 24.3 Å². The number of unbranched alkanes of at least 4 members (excludes halogenated alkanes) is 15. The van der Waals surface area contributed by atoms with Gasteiger partial charge in [0.15, 0.2) is 11.2 Å². The zero-order valence-electron chi connectivity index (χ0n) is 27.4. The summed E-state index contributed by atoms with van der Waals surface area (Å²) in [4.78, 5) is 13.3. The number of benzene rings is 2. The van der Waals surface area contributed by atoms with Crippen LogP contribution in [0.3, 0.4) is 0 Å². The van der Waals surface area contributed by atoms with Crippen molar-refractivity contribution in [3.8, 4) is 34.0 Å². The van der Waals surface area contributed by atoms with Crippen molar-refractivity contribution in [3.63, 3.8) is 0 Å². The number of methoxy groups -OCH3 is 1. The Morgan fingerprint density at radius 1 is 0.744 bits per heavy atom. The van der Waals surface area contributed by atoms with E-state index in [0.29, 0.717) is 5.56 Å². The van der Waals surface area contributed by atoms with Gasteiger partial charge >= 0.3 is 0 Å². The summed E-state index contributed by atoms with van der Waals surface area (Å²) in [6.07, 6.45) is 25.6. The van der Waals surface area contributed by atoms with E-state index in [-0.39, 0.29) is 5.43 Å². The van der Waals surface area contributed by atoms with Gasteiger partial charge in [-0.05, 0) is 38.5 Å². The molecule has 2 heterocycles. The third-order valence-electron chi connectivity index (χ3n) is 8.86. The average Bonchev–Trinajstić information content (AvgIpc) is 3.01. The van der Waals surface area contributed by atoms with Gasteiger partial charge < -0.3 is 14.0 Å². The van der Waals surface area contributed by atoms with Crippen LogP contribution in [0.5, 0.6) is 11.5 Å². The fourth-order valence-electron chi connectivity index (χ4n) is 6.42. The molecule has 0 spiro atoms. The molecule has 0 saturated heterocycles. The second-order valence-electron chi connectivity index (χ2n) is 13.0. The Kier molecular flexibility index (Phi) is 12.8. The van der Waals surface area contributed by atoms with E-state index in [4.69, 9.17) is 9.47 Å². The minimum Gasteiger partial charge on any atom is -0.495 e. The van der Waals surface area contributed by atoms with Gasteiger partial charge in [-0.3, -0.25) is 4.79 Å². The van der Waals surface area contributed by atoms with Crippen molar-refractivity contribution in [1.82, 2.24) is 4.57 Å². The molecular weight excluding hydrogens is 530 g/mol. The third kappa shape index (κ3) is 9.24. The van der Waals surface area contributed by atoms with Gasteiger partial charge in [0.05, 0.1) is 24.1 Å². The molecule has 43 heavy (non-hydrogen) atoms. The molecule has 0 bridgehead atoms. The molecule has 0 aromatic heterocycles. The Bertz CT molecular complexity index is 1320. The Balaban J connectivity index is 1.37. The predicted molar refractivity (Wildman–Crippen MR) is 183 cm³/mol. The number of hydrogen-bond acceptors (Lipinski definition) is 3. The highest BCUT2D eigenvalue weighted by Gasteiger charge is 2.30. The quantitative estimate of drug-likeness (QED) is 0.131. The van der Waals surface area contributed by atoms with Crippen LogP contribution in [0.25, 0.3) is 28.6 Å². The number of nitrogens with zero attached hydrogens (tertiary/aromatic N) is 1. The lowest BCUT2D eigenvalue weighted by atomic mass is 9.95. The maximum absolute atomic E-state index is 13.3. The van der Waals surface area contributed by atoms with Crippen LogP contribution < -0.4 is 14.9 Å². The first-order valence-electron chi connectivity index (χ1n) is 17.2. The first kappa shape index (κ1) is 32.9. The zero-order chi connectivity index (χ0) is 30.5. The smallest absolute Gasteiger partial charge is 0.188 e. The summed E-state index contributed by atoms with van der Waals surface area (Å²) in [7, 11) is 1.69. The lowest BCUT2D eigenvalue weighted by Gasteiger charge is -2.32. The topological polar surface area (TPSA) is 40.5 Å². The molecule has 0 N–H and O–H groups in total. The van der Waals surface area contributed by atoms with E-state index < -0.39 is 5.60 Å². The van der Waals surface area contributed by atoms with Crippen LogP contribution in [-0.4, -0.2) is 17.3 Å². The highest BCUT2D eigenvalue weighted by atomic mass is 16.5. The first-order valence-corrected chi connectivity index (χ1v) is 17.2. The molecule has 1 aromatic rings. The van der Waals surface area contributed by atoms with Gasteiger partial charge in [0.2, 0.25) is 0 Å². The van der Waals surface area contributed by atoms with Crippen LogP contribution >= 0.6 is 0 Å². The molecule has 234 valence electrons. The largest absolute Gasteiger partial charge is 0.495 e. The normalized spacial score (nSPS) is 13.7. The number of rotatable bonds is 19. The molecule has 1 aromatic carbocycles. The molecule has 0 atom stereocenters. The van der Waals surface area contributed by atoms with E-state index in [1.54, 1.807) is 13.2 Å². The summed E-state index contributed by atoms with van der Waals surface area (Å²) in [5, 5.41) is 0. The SMILES string of the molecule is CCCCCCCCCCCCCCCCCCn1c(-c2ccccc2)c(OC)cc2c(=O)cc3c(c1-2)OC(C)(C)C=C3. The summed E-state index contributed by atoms with van der Waals surface area (Å²) >= 11 is 0. The van der Waals surface area contributed by atoms with E-state index in [9.17, 15) is 4.79 Å². The standard InChI is InChI=1S/C39H55NO3/c1-5-6-7-8-9-10-11-12-13-14-15-16-17-18-19-23-28-40-36(31-24-21-20-22-25-31)35(42-4)30-33-34(41)29-32-26-27-39(2,3)43-38(32)37(33)40/h20-22,24-27,29-30H,5-19,23,28H2,1-4H3. The minimum absolute atomic E-state index is 0.000316. The van der Waals surface area contributed by atoms with Gasteiger partial charge in [-0.25, -0.2) is 0 Å². The van der Waals surface area contributed by atoms with Crippen molar-refractivity contribution in [3.05, 3.63) is 64.3 Å². The molecule has 0 fully saturated rings. The van der Waals surface area contributed by atoms with Gasteiger partial charge in [-0.1, -0.05) is 140 Å². The lowest BCUT2D eigenvalue weighted by molar-refractivity contribution is 0.158. The van der Waals surface area contributed by atoms with Crippen molar-refractivity contribution in [2.45, 2.75) is 136 Å². The predicted octanol–water partition coefficient (Wildman–Crippen LogP) is 11.1.